The van der Waals surface area contributed by atoms with E-state index in [1.807, 2.05) is 24.5 Å². The molecule has 0 atom stereocenters. The van der Waals surface area contributed by atoms with Gasteiger partial charge in [-0.2, -0.15) is 0 Å². The van der Waals surface area contributed by atoms with Gasteiger partial charge in [-0.05, 0) is 32.8 Å². The van der Waals surface area contributed by atoms with Gasteiger partial charge < -0.3 is 14.7 Å². The molecule has 12 nitrogen and oxygen atoms in total. The molecule has 4 aromatic rings. The third-order valence-electron chi connectivity index (χ3n) is 7.24. The van der Waals surface area contributed by atoms with E-state index in [4.69, 9.17) is 15.1 Å². The molecule has 1 aromatic carbocycles. The topological polar surface area (TPSA) is 157 Å². The van der Waals surface area contributed by atoms with Crippen LogP contribution < -0.4 is 17.0 Å². The molecule has 1 aliphatic rings. The molecule has 0 amide bonds. The van der Waals surface area contributed by atoms with Crippen LogP contribution in [0.25, 0.3) is 22.3 Å². The van der Waals surface area contributed by atoms with E-state index in [0.29, 0.717) is 35.0 Å². The molecule has 1 fully saturated rings. The fraction of sp³-hybridized carbons (Fsp3) is 0.462. The van der Waals surface area contributed by atoms with Crippen molar-refractivity contribution in [2.45, 2.75) is 68.9 Å². The number of nitrogens with two attached hydrogens (primary N) is 1. The molecular formula is C26H31N7O5S. The van der Waals surface area contributed by atoms with Crippen molar-refractivity contribution in [2.75, 3.05) is 6.54 Å². The number of nitro groups is 1. The van der Waals surface area contributed by atoms with Gasteiger partial charge in [0.05, 0.1) is 4.92 Å². The van der Waals surface area contributed by atoms with Crippen molar-refractivity contribution in [3.05, 3.63) is 66.7 Å². The average Bonchev–Trinajstić information content (AvgIpc) is 3.49. The number of rotatable bonds is 8. The summed E-state index contributed by atoms with van der Waals surface area (Å²) in [5.41, 5.74) is 7.38. The van der Waals surface area contributed by atoms with E-state index in [1.54, 1.807) is 18.8 Å². The van der Waals surface area contributed by atoms with Crippen LogP contribution in [0.15, 0.2) is 49.0 Å². The van der Waals surface area contributed by atoms with Crippen molar-refractivity contribution in [1.82, 2.24) is 23.7 Å². The fourth-order valence-electron chi connectivity index (χ4n) is 5.03. The Morgan fingerprint density at radius 1 is 1.21 bits per heavy atom. The van der Waals surface area contributed by atoms with Crippen molar-refractivity contribution >= 4 is 39.7 Å². The van der Waals surface area contributed by atoms with Gasteiger partial charge in [0, 0.05) is 37.0 Å². The number of aromatic nitrogens is 5. The van der Waals surface area contributed by atoms with Gasteiger partial charge in [-0.3, -0.25) is 19.5 Å². The minimum absolute atomic E-state index is 0.0956. The Labute approximate surface area is 227 Å². The van der Waals surface area contributed by atoms with Crippen molar-refractivity contribution in [1.29, 1.82) is 0 Å². The molecular weight excluding hydrogens is 522 g/mol. The SMILES string of the molecule is CC(C)=CCn1c(SC2(CN)CCCCC2)nc2c1c(=O)n(Cc1nc3cc([N+](=O)[O-])ccc3o1)c(=O)n2C. The Kier molecular flexibility index (Phi) is 7.21. The molecule has 5 rings (SSSR count). The minimum atomic E-state index is -0.560. The number of benzene rings is 1. The number of thioether (sulfide) groups is 1. The number of fused-ring (bicyclic) bond motifs is 2. The first-order chi connectivity index (χ1) is 18.6. The molecule has 3 aromatic heterocycles. The molecule has 0 spiro atoms. The number of non-ortho nitro benzene ring substituents is 1. The van der Waals surface area contributed by atoms with Gasteiger partial charge in [0.25, 0.3) is 11.2 Å². The highest BCUT2D eigenvalue weighted by molar-refractivity contribution is 8.00. The highest BCUT2D eigenvalue weighted by Crippen LogP contribution is 2.43. The monoisotopic (exact) mass is 553 g/mol. The van der Waals surface area contributed by atoms with Crippen LogP contribution in [0.5, 0.6) is 0 Å². The molecule has 13 heteroatoms. The van der Waals surface area contributed by atoms with Crippen LogP contribution in [-0.2, 0) is 20.1 Å². The number of imidazole rings is 1. The Hall–Kier alpha value is -3.71. The van der Waals surface area contributed by atoms with E-state index in [2.05, 4.69) is 4.98 Å². The minimum Gasteiger partial charge on any atom is -0.439 e. The average molecular weight is 554 g/mol. The highest BCUT2D eigenvalue weighted by Gasteiger charge is 2.34. The summed E-state index contributed by atoms with van der Waals surface area (Å²) in [5.74, 6) is 0.0956. The van der Waals surface area contributed by atoms with E-state index >= 15 is 0 Å². The first kappa shape index (κ1) is 26.9. The Bertz CT molecular complexity index is 1720. The molecule has 0 radical (unpaired) electrons. The molecule has 1 aliphatic carbocycles. The smallest absolute Gasteiger partial charge is 0.332 e. The molecule has 3 heterocycles. The van der Waals surface area contributed by atoms with E-state index in [0.717, 1.165) is 35.8 Å². The van der Waals surface area contributed by atoms with E-state index < -0.39 is 16.2 Å². The normalized spacial score (nSPS) is 15.2. The molecule has 1 saturated carbocycles. The molecule has 0 aliphatic heterocycles. The van der Waals surface area contributed by atoms with Gasteiger partial charge in [-0.1, -0.05) is 42.7 Å². The van der Waals surface area contributed by atoms with Gasteiger partial charge >= 0.3 is 5.69 Å². The summed E-state index contributed by atoms with van der Waals surface area (Å²) in [6.45, 7) is 4.66. The number of hydrogen-bond acceptors (Lipinski definition) is 9. The summed E-state index contributed by atoms with van der Waals surface area (Å²) >= 11 is 1.60. The van der Waals surface area contributed by atoms with Crippen molar-refractivity contribution < 1.29 is 9.34 Å². The van der Waals surface area contributed by atoms with Crippen LogP contribution in [0.2, 0.25) is 0 Å². The lowest BCUT2D eigenvalue weighted by atomic mass is 9.88. The highest BCUT2D eigenvalue weighted by atomic mass is 32.2. The Morgan fingerprint density at radius 3 is 2.62 bits per heavy atom. The second kappa shape index (κ2) is 10.5. The maximum Gasteiger partial charge on any atom is 0.332 e. The molecule has 206 valence electrons. The number of allylic oxidation sites excluding steroid dienone is 2. The van der Waals surface area contributed by atoms with Crippen LogP contribution in [0.4, 0.5) is 5.69 Å². The molecule has 0 unspecified atom stereocenters. The molecule has 2 N–H and O–H groups in total. The lowest BCUT2D eigenvalue weighted by Gasteiger charge is -2.35. The zero-order chi connectivity index (χ0) is 27.9. The largest absolute Gasteiger partial charge is 0.439 e. The zero-order valence-corrected chi connectivity index (χ0v) is 23.0. The van der Waals surface area contributed by atoms with Crippen LogP contribution in [-0.4, -0.2) is 39.9 Å². The van der Waals surface area contributed by atoms with Crippen molar-refractivity contribution in [2.24, 2.45) is 12.8 Å². The lowest BCUT2D eigenvalue weighted by Crippen LogP contribution is -2.40. The summed E-state index contributed by atoms with van der Waals surface area (Å²) in [4.78, 5) is 46.9. The quantitative estimate of drug-likeness (QED) is 0.195. The number of nitrogens with zero attached hydrogens (tertiary/aromatic N) is 6. The maximum atomic E-state index is 13.9. The summed E-state index contributed by atoms with van der Waals surface area (Å²) in [7, 11) is 1.59. The number of oxazole rings is 1. The molecule has 0 saturated heterocycles. The lowest BCUT2D eigenvalue weighted by molar-refractivity contribution is -0.384. The first-order valence-corrected chi connectivity index (χ1v) is 13.7. The van der Waals surface area contributed by atoms with Crippen LogP contribution in [0, 0.1) is 10.1 Å². The third kappa shape index (κ3) is 5.03. The number of hydrogen-bond donors (Lipinski definition) is 1. The van der Waals surface area contributed by atoms with Gasteiger partial charge in [-0.25, -0.2) is 19.3 Å². The van der Waals surface area contributed by atoms with Gasteiger partial charge in [0.1, 0.15) is 12.1 Å². The second-order valence-corrected chi connectivity index (χ2v) is 11.7. The van der Waals surface area contributed by atoms with Gasteiger partial charge in [0.15, 0.2) is 21.9 Å². The number of nitro benzene ring substituents is 1. The standard InChI is InChI=1S/C26H31N7O5S/c1-16(2)9-12-31-21-22(29-24(31)39-26(15-27)10-5-4-6-11-26)30(3)25(35)32(23(21)34)14-20-28-18-13-17(33(36)37)7-8-19(18)38-20/h7-9,13H,4-6,10-12,14-15,27H2,1-3H3. The van der Waals surface area contributed by atoms with Crippen LogP contribution in [0.1, 0.15) is 51.8 Å². The Balaban J connectivity index is 1.63. The van der Waals surface area contributed by atoms with Crippen molar-refractivity contribution in [3.63, 3.8) is 0 Å². The Morgan fingerprint density at radius 2 is 1.95 bits per heavy atom. The first-order valence-electron chi connectivity index (χ1n) is 12.9. The summed E-state index contributed by atoms with van der Waals surface area (Å²) in [6.07, 6.45) is 7.33. The molecule has 0 bridgehead atoms. The third-order valence-corrected chi connectivity index (χ3v) is 8.75. The summed E-state index contributed by atoms with van der Waals surface area (Å²) < 4.78 is 9.85. The zero-order valence-electron chi connectivity index (χ0n) is 22.2. The fourth-order valence-corrected chi connectivity index (χ4v) is 6.40. The van der Waals surface area contributed by atoms with E-state index in [9.17, 15) is 19.7 Å². The van der Waals surface area contributed by atoms with Crippen LogP contribution in [0.3, 0.4) is 0 Å². The second-order valence-electron chi connectivity index (χ2n) is 10.3. The van der Waals surface area contributed by atoms with E-state index in [-0.39, 0.29) is 28.4 Å². The van der Waals surface area contributed by atoms with Gasteiger partial charge in [0.2, 0.25) is 5.89 Å². The van der Waals surface area contributed by atoms with Crippen LogP contribution >= 0.6 is 11.8 Å². The van der Waals surface area contributed by atoms with E-state index in [1.165, 1.54) is 29.2 Å². The molecule has 39 heavy (non-hydrogen) atoms. The summed E-state index contributed by atoms with van der Waals surface area (Å²) in [6, 6.07) is 4.06. The predicted octanol–water partition coefficient (Wildman–Crippen LogP) is 3.71. The van der Waals surface area contributed by atoms with Crippen molar-refractivity contribution in [3.8, 4) is 0 Å². The number of aryl methyl sites for hydroxylation is 1. The predicted molar refractivity (Wildman–Crippen MR) is 149 cm³/mol. The maximum absolute atomic E-state index is 13.9. The summed E-state index contributed by atoms with van der Waals surface area (Å²) in [5, 5.41) is 11.8. The van der Waals surface area contributed by atoms with Gasteiger partial charge in [-0.15, -0.1) is 0 Å².